The Hall–Kier alpha value is -2.56. The van der Waals surface area contributed by atoms with Crippen LogP contribution in [0.15, 0.2) is 60.8 Å². The summed E-state index contributed by atoms with van der Waals surface area (Å²) in [6, 6.07) is 19.0. The fourth-order valence-corrected chi connectivity index (χ4v) is 4.42. The van der Waals surface area contributed by atoms with Crippen LogP contribution in [0.25, 0.3) is 22.2 Å². The first-order valence-electron chi connectivity index (χ1n) is 9.88. The summed E-state index contributed by atoms with van der Waals surface area (Å²) in [4.78, 5) is 5.99. The molecule has 5 rings (SSSR count). The third-order valence-corrected chi connectivity index (χ3v) is 6.01. The average Bonchev–Trinajstić information content (AvgIpc) is 3.37. The van der Waals surface area contributed by atoms with Gasteiger partial charge >= 0.3 is 0 Å². The second-order valence-electron chi connectivity index (χ2n) is 7.56. The summed E-state index contributed by atoms with van der Waals surface area (Å²) in [5.74, 6) is 0. The van der Waals surface area contributed by atoms with Crippen LogP contribution in [0.3, 0.4) is 0 Å². The van der Waals surface area contributed by atoms with Crippen LogP contribution < -0.4 is 0 Å². The minimum atomic E-state index is 0.371. The Labute approximate surface area is 169 Å². The van der Waals surface area contributed by atoms with Crippen molar-refractivity contribution in [3.63, 3.8) is 0 Å². The first-order valence-corrected chi connectivity index (χ1v) is 10.3. The zero-order chi connectivity index (χ0) is 18.9. The number of benzene rings is 2. The molecule has 4 nitrogen and oxygen atoms in total. The minimum Gasteiger partial charge on any atom is -0.361 e. The highest BCUT2D eigenvalue weighted by molar-refractivity contribution is 6.30. The molecule has 0 amide bonds. The van der Waals surface area contributed by atoms with E-state index >= 15 is 0 Å². The zero-order valence-electron chi connectivity index (χ0n) is 15.7. The van der Waals surface area contributed by atoms with Gasteiger partial charge in [0.1, 0.15) is 0 Å². The summed E-state index contributed by atoms with van der Waals surface area (Å²) in [6.45, 7) is 2.06. The standard InChI is InChI=1S/C23H23ClN4/c24-18-10-8-16(9-11-18)21-13-22(27-26-21)23-7-3-4-12-28(23)15-17-14-25-20-6-2-1-5-19(17)20/h1-2,5-6,8-11,13-14,23,25H,3-4,7,12,15H2,(H,26,27). The van der Waals surface area contributed by atoms with Gasteiger partial charge in [-0.25, -0.2) is 0 Å². The molecule has 1 saturated heterocycles. The Morgan fingerprint density at radius 1 is 1.07 bits per heavy atom. The molecule has 142 valence electrons. The predicted octanol–water partition coefficient (Wildman–Crippen LogP) is 5.94. The smallest absolute Gasteiger partial charge is 0.0924 e. The van der Waals surface area contributed by atoms with Crippen LogP contribution in [0, 0.1) is 0 Å². The Morgan fingerprint density at radius 2 is 1.93 bits per heavy atom. The lowest BCUT2D eigenvalue weighted by molar-refractivity contribution is 0.138. The van der Waals surface area contributed by atoms with Crippen molar-refractivity contribution in [1.82, 2.24) is 20.1 Å². The second-order valence-corrected chi connectivity index (χ2v) is 7.99. The maximum absolute atomic E-state index is 6.02. The van der Waals surface area contributed by atoms with Crippen LogP contribution in [0.4, 0.5) is 0 Å². The number of hydrogen-bond donors (Lipinski definition) is 2. The molecule has 1 unspecified atom stereocenters. The van der Waals surface area contributed by atoms with Gasteiger partial charge in [0, 0.05) is 34.2 Å². The van der Waals surface area contributed by atoms with E-state index in [4.69, 9.17) is 11.6 Å². The number of para-hydroxylation sites is 1. The van der Waals surface area contributed by atoms with Crippen LogP contribution in [0.1, 0.15) is 36.6 Å². The molecule has 5 heteroatoms. The summed E-state index contributed by atoms with van der Waals surface area (Å²) < 4.78 is 0. The molecule has 1 aliphatic rings. The number of piperidine rings is 1. The second kappa shape index (κ2) is 7.46. The van der Waals surface area contributed by atoms with E-state index in [0.29, 0.717) is 6.04 Å². The SMILES string of the molecule is Clc1ccc(-c2cc(C3CCCCN3Cc3c[nH]c4ccccc34)[nH]n2)cc1. The number of fused-ring (bicyclic) bond motifs is 1. The minimum absolute atomic E-state index is 0.371. The van der Waals surface area contributed by atoms with Gasteiger partial charge in [-0.05, 0) is 49.2 Å². The largest absolute Gasteiger partial charge is 0.361 e. The lowest BCUT2D eigenvalue weighted by Gasteiger charge is -2.34. The van der Waals surface area contributed by atoms with Crippen molar-refractivity contribution in [1.29, 1.82) is 0 Å². The fourth-order valence-electron chi connectivity index (χ4n) is 4.29. The molecule has 28 heavy (non-hydrogen) atoms. The predicted molar refractivity (Wildman–Crippen MR) is 114 cm³/mol. The third-order valence-electron chi connectivity index (χ3n) is 5.76. The van der Waals surface area contributed by atoms with Crippen molar-refractivity contribution < 1.29 is 0 Å². The molecule has 0 saturated carbocycles. The number of nitrogens with zero attached hydrogens (tertiary/aromatic N) is 2. The van der Waals surface area contributed by atoms with E-state index in [1.807, 2.05) is 24.3 Å². The quantitative estimate of drug-likeness (QED) is 0.453. The van der Waals surface area contributed by atoms with Gasteiger partial charge in [-0.2, -0.15) is 5.10 Å². The van der Waals surface area contributed by atoms with Gasteiger partial charge in [-0.15, -0.1) is 0 Å². The molecule has 1 atom stereocenters. The van der Waals surface area contributed by atoms with Gasteiger partial charge in [0.2, 0.25) is 0 Å². The van der Waals surface area contributed by atoms with Crippen LogP contribution in [0.5, 0.6) is 0 Å². The van der Waals surface area contributed by atoms with Gasteiger partial charge in [0.05, 0.1) is 17.4 Å². The molecule has 0 bridgehead atoms. The highest BCUT2D eigenvalue weighted by Crippen LogP contribution is 2.34. The van der Waals surface area contributed by atoms with Crippen molar-refractivity contribution in [2.24, 2.45) is 0 Å². The van der Waals surface area contributed by atoms with Crippen LogP contribution >= 0.6 is 11.6 Å². The fraction of sp³-hybridized carbons (Fsp3) is 0.261. The van der Waals surface area contributed by atoms with Crippen molar-refractivity contribution in [2.45, 2.75) is 31.8 Å². The van der Waals surface area contributed by atoms with Crippen molar-refractivity contribution in [2.75, 3.05) is 6.54 Å². The van der Waals surface area contributed by atoms with E-state index in [1.54, 1.807) is 0 Å². The molecular formula is C23H23ClN4. The summed E-state index contributed by atoms with van der Waals surface area (Å²) in [5.41, 5.74) is 5.83. The Bertz CT molecular complexity index is 1080. The molecule has 1 aliphatic heterocycles. The van der Waals surface area contributed by atoms with Gasteiger partial charge < -0.3 is 4.98 Å². The molecule has 0 aliphatic carbocycles. The number of H-pyrrole nitrogens is 2. The average molecular weight is 391 g/mol. The molecule has 1 fully saturated rings. The zero-order valence-corrected chi connectivity index (χ0v) is 16.4. The Balaban J connectivity index is 1.41. The molecule has 2 N–H and O–H groups in total. The number of likely N-dealkylation sites (tertiary alicyclic amines) is 1. The normalized spacial score (nSPS) is 18.0. The van der Waals surface area contributed by atoms with Crippen LogP contribution in [-0.2, 0) is 6.54 Å². The van der Waals surface area contributed by atoms with Crippen molar-refractivity contribution in [3.05, 3.63) is 77.1 Å². The number of halogens is 1. The topological polar surface area (TPSA) is 47.7 Å². The number of aromatic amines is 2. The van der Waals surface area contributed by atoms with Gasteiger partial charge in [0.15, 0.2) is 0 Å². The Morgan fingerprint density at radius 3 is 2.82 bits per heavy atom. The van der Waals surface area contributed by atoms with Gasteiger partial charge in [-0.1, -0.05) is 48.4 Å². The van der Waals surface area contributed by atoms with E-state index in [-0.39, 0.29) is 0 Å². The van der Waals surface area contributed by atoms with E-state index in [2.05, 4.69) is 56.6 Å². The van der Waals surface area contributed by atoms with Crippen LogP contribution in [0.2, 0.25) is 5.02 Å². The maximum Gasteiger partial charge on any atom is 0.0924 e. The van der Waals surface area contributed by atoms with E-state index in [0.717, 1.165) is 35.8 Å². The molecule has 3 heterocycles. The van der Waals surface area contributed by atoms with E-state index in [9.17, 15) is 0 Å². The third kappa shape index (κ3) is 3.34. The molecular weight excluding hydrogens is 368 g/mol. The monoisotopic (exact) mass is 390 g/mol. The lowest BCUT2D eigenvalue weighted by atomic mass is 9.98. The first-order chi connectivity index (χ1) is 13.8. The molecule has 2 aromatic carbocycles. The lowest BCUT2D eigenvalue weighted by Crippen LogP contribution is -2.33. The molecule has 0 radical (unpaired) electrons. The number of rotatable bonds is 4. The summed E-state index contributed by atoms with van der Waals surface area (Å²) in [7, 11) is 0. The van der Waals surface area contributed by atoms with Crippen molar-refractivity contribution >= 4 is 22.5 Å². The van der Waals surface area contributed by atoms with E-state index in [1.165, 1.54) is 35.0 Å². The molecule has 4 aromatic rings. The van der Waals surface area contributed by atoms with Gasteiger partial charge in [-0.3, -0.25) is 10.00 Å². The number of aromatic nitrogens is 3. The molecule has 2 aromatic heterocycles. The maximum atomic E-state index is 6.02. The first kappa shape index (κ1) is 17.5. The van der Waals surface area contributed by atoms with Crippen molar-refractivity contribution in [3.8, 4) is 11.3 Å². The highest BCUT2D eigenvalue weighted by Gasteiger charge is 2.26. The summed E-state index contributed by atoms with van der Waals surface area (Å²) >= 11 is 6.02. The summed E-state index contributed by atoms with van der Waals surface area (Å²) in [6.07, 6.45) is 5.81. The molecule has 0 spiro atoms. The Kier molecular flexibility index (Phi) is 4.67. The van der Waals surface area contributed by atoms with Gasteiger partial charge in [0.25, 0.3) is 0 Å². The summed E-state index contributed by atoms with van der Waals surface area (Å²) in [5, 5.41) is 9.94. The van der Waals surface area contributed by atoms with E-state index < -0.39 is 0 Å². The number of hydrogen-bond acceptors (Lipinski definition) is 2. The number of nitrogens with one attached hydrogen (secondary N) is 2. The highest BCUT2D eigenvalue weighted by atomic mass is 35.5. The van der Waals surface area contributed by atoms with Crippen LogP contribution in [-0.4, -0.2) is 26.6 Å².